The lowest BCUT2D eigenvalue weighted by molar-refractivity contribution is -0.126. The number of carbonyl (C=O) groups is 2. The number of fused-ring (bicyclic) bond motifs is 1. The van der Waals surface area contributed by atoms with Gasteiger partial charge in [0.1, 0.15) is 5.52 Å². The van der Waals surface area contributed by atoms with Crippen LogP contribution >= 0.6 is 0 Å². The van der Waals surface area contributed by atoms with Crippen molar-refractivity contribution in [2.45, 2.75) is 26.3 Å². The van der Waals surface area contributed by atoms with Crippen molar-refractivity contribution in [3.8, 4) is 11.5 Å². The van der Waals surface area contributed by atoms with Gasteiger partial charge in [-0.25, -0.2) is 4.98 Å². The van der Waals surface area contributed by atoms with Crippen LogP contribution in [0.4, 0.5) is 0 Å². The predicted octanol–water partition coefficient (Wildman–Crippen LogP) is 4.69. The fourth-order valence-electron chi connectivity index (χ4n) is 4.61. The summed E-state index contributed by atoms with van der Waals surface area (Å²) in [6, 6.07) is 18.9. The summed E-state index contributed by atoms with van der Waals surface area (Å²) in [4.78, 5) is 36.3. The van der Waals surface area contributed by atoms with Crippen LogP contribution < -0.4 is 5.32 Å². The Morgan fingerprint density at radius 3 is 2.63 bits per heavy atom. The quantitative estimate of drug-likeness (QED) is 0.443. The minimum atomic E-state index is -0.106. The van der Waals surface area contributed by atoms with E-state index in [0.29, 0.717) is 36.7 Å². The first-order valence-corrected chi connectivity index (χ1v) is 12.0. The monoisotopic (exact) mass is 468 g/mol. The molecule has 5 rings (SSSR count). The molecular weight excluding hydrogens is 440 g/mol. The minimum Gasteiger partial charge on any atom is -0.436 e. The van der Waals surface area contributed by atoms with Crippen LogP contribution in [0.1, 0.15) is 35.7 Å². The molecule has 7 heteroatoms. The summed E-state index contributed by atoms with van der Waals surface area (Å²) in [7, 11) is 0. The van der Waals surface area contributed by atoms with Crippen LogP contribution in [0.5, 0.6) is 0 Å². The number of rotatable bonds is 6. The summed E-state index contributed by atoms with van der Waals surface area (Å²) < 4.78 is 5.93. The number of likely N-dealkylation sites (tertiary alicyclic amines) is 1. The first-order valence-electron chi connectivity index (χ1n) is 12.0. The molecule has 0 aliphatic carbocycles. The lowest BCUT2D eigenvalue weighted by Crippen LogP contribution is -2.42. The maximum absolute atomic E-state index is 13.2. The second-order valence-electron chi connectivity index (χ2n) is 9.06. The van der Waals surface area contributed by atoms with E-state index in [1.807, 2.05) is 66.4 Å². The normalized spacial score (nSPS) is 15.2. The summed E-state index contributed by atoms with van der Waals surface area (Å²) in [5.41, 5.74) is 3.80. The van der Waals surface area contributed by atoms with Crippen molar-refractivity contribution >= 4 is 22.9 Å². The molecule has 0 radical (unpaired) electrons. The van der Waals surface area contributed by atoms with Crippen LogP contribution in [-0.2, 0) is 11.3 Å². The first kappa shape index (κ1) is 22.8. The van der Waals surface area contributed by atoms with Crippen LogP contribution in [0, 0.1) is 11.8 Å². The fraction of sp³-hybridized carbons (Fsp3) is 0.286. The van der Waals surface area contributed by atoms with E-state index in [-0.39, 0.29) is 23.7 Å². The third-order valence-electron chi connectivity index (χ3n) is 6.79. The molecule has 1 aliphatic rings. The van der Waals surface area contributed by atoms with Crippen molar-refractivity contribution < 1.29 is 14.0 Å². The Kier molecular flexibility index (Phi) is 6.57. The summed E-state index contributed by atoms with van der Waals surface area (Å²) in [5.74, 6) is 0.714. The molecule has 7 nitrogen and oxygen atoms in total. The highest BCUT2D eigenvalue weighted by Gasteiger charge is 2.30. The van der Waals surface area contributed by atoms with Gasteiger partial charge >= 0.3 is 0 Å². The number of piperidine rings is 1. The van der Waals surface area contributed by atoms with Crippen LogP contribution in [0.25, 0.3) is 22.6 Å². The number of amides is 2. The Labute approximate surface area is 204 Å². The van der Waals surface area contributed by atoms with Crippen molar-refractivity contribution in [1.29, 1.82) is 0 Å². The van der Waals surface area contributed by atoms with E-state index in [1.165, 1.54) is 0 Å². The molecule has 2 aromatic heterocycles. The fourth-order valence-corrected chi connectivity index (χ4v) is 4.61. The molecule has 1 N–H and O–H groups in total. The molecule has 0 saturated carbocycles. The lowest BCUT2D eigenvalue weighted by atomic mass is 9.84. The van der Waals surface area contributed by atoms with Crippen molar-refractivity contribution in [3.05, 3.63) is 84.2 Å². The number of pyridine rings is 1. The molecule has 1 atom stereocenters. The van der Waals surface area contributed by atoms with E-state index < -0.39 is 0 Å². The van der Waals surface area contributed by atoms with Gasteiger partial charge in [0.25, 0.3) is 5.91 Å². The van der Waals surface area contributed by atoms with Gasteiger partial charge in [-0.3, -0.25) is 14.6 Å². The number of nitrogens with one attached hydrogen (secondary N) is 1. The van der Waals surface area contributed by atoms with Gasteiger partial charge in [-0.15, -0.1) is 0 Å². The molecule has 1 fully saturated rings. The maximum atomic E-state index is 13.2. The number of nitrogens with zero attached hydrogens (tertiary/aromatic N) is 3. The van der Waals surface area contributed by atoms with Gasteiger partial charge in [0.05, 0.1) is 0 Å². The Bertz CT molecular complexity index is 1310. The second kappa shape index (κ2) is 10.1. The van der Waals surface area contributed by atoms with E-state index >= 15 is 0 Å². The summed E-state index contributed by atoms with van der Waals surface area (Å²) >= 11 is 0. The zero-order valence-electron chi connectivity index (χ0n) is 19.7. The molecular formula is C28H28N4O3. The van der Waals surface area contributed by atoms with Crippen molar-refractivity contribution in [1.82, 2.24) is 20.2 Å². The zero-order chi connectivity index (χ0) is 24.2. The average molecular weight is 469 g/mol. The highest BCUT2D eigenvalue weighted by Crippen LogP contribution is 2.28. The van der Waals surface area contributed by atoms with Crippen LogP contribution in [0.3, 0.4) is 0 Å². The highest BCUT2D eigenvalue weighted by atomic mass is 16.3. The molecule has 1 aliphatic heterocycles. The molecule has 0 bridgehead atoms. The second-order valence-corrected chi connectivity index (χ2v) is 9.06. The van der Waals surface area contributed by atoms with Crippen LogP contribution in [-0.4, -0.2) is 39.8 Å². The number of carbonyl (C=O) groups excluding carboxylic acids is 2. The number of oxazole rings is 1. The largest absolute Gasteiger partial charge is 0.436 e. The van der Waals surface area contributed by atoms with Gasteiger partial charge in [0.15, 0.2) is 5.58 Å². The number of hydrogen-bond donors (Lipinski definition) is 1. The zero-order valence-corrected chi connectivity index (χ0v) is 19.7. The molecule has 3 heterocycles. The predicted molar refractivity (Wildman–Crippen MR) is 133 cm³/mol. The van der Waals surface area contributed by atoms with Gasteiger partial charge in [-0.1, -0.05) is 31.2 Å². The Balaban J connectivity index is 1.18. The van der Waals surface area contributed by atoms with Crippen molar-refractivity contribution in [3.63, 3.8) is 0 Å². The van der Waals surface area contributed by atoms with Gasteiger partial charge in [-0.05, 0) is 60.7 Å². The van der Waals surface area contributed by atoms with E-state index in [4.69, 9.17) is 4.42 Å². The molecule has 4 aromatic rings. The molecule has 0 unspecified atom stereocenters. The molecule has 178 valence electrons. The van der Waals surface area contributed by atoms with Crippen molar-refractivity contribution in [2.24, 2.45) is 11.8 Å². The number of aromatic nitrogens is 2. The number of benzene rings is 2. The van der Waals surface area contributed by atoms with Crippen LogP contribution in [0.2, 0.25) is 0 Å². The Morgan fingerprint density at radius 1 is 1.09 bits per heavy atom. The molecule has 1 saturated heterocycles. The maximum Gasteiger partial charge on any atom is 0.253 e. The standard InChI is InChI=1S/C28H28N4O3/c1-19(26(33)30-18-20-6-5-13-29-17-20)21-11-14-32(15-12-21)28(34)23-9-10-24-25(16-23)35-27(31-24)22-7-3-2-4-8-22/h2-10,13,16-17,19,21H,11-12,14-15,18H2,1H3,(H,30,33)/t19-/m1/s1. The third-order valence-corrected chi connectivity index (χ3v) is 6.79. The average Bonchev–Trinajstić information content (AvgIpc) is 3.36. The molecule has 0 spiro atoms. The van der Waals surface area contributed by atoms with E-state index in [0.717, 1.165) is 29.5 Å². The smallest absolute Gasteiger partial charge is 0.253 e. The molecule has 2 aromatic carbocycles. The minimum absolute atomic E-state index is 0.0170. The van der Waals surface area contributed by atoms with E-state index in [2.05, 4.69) is 15.3 Å². The summed E-state index contributed by atoms with van der Waals surface area (Å²) in [5, 5.41) is 3.01. The topological polar surface area (TPSA) is 88.3 Å². The van der Waals surface area contributed by atoms with Crippen LogP contribution in [0.15, 0.2) is 77.5 Å². The van der Waals surface area contributed by atoms with E-state index in [9.17, 15) is 9.59 Å². The van der Waals surface area contributed by atoms with Gasteiger partial charge < -0.3 is 14.6 Å². The number of hydrogen-bond acceptors (Lipinski definition) is 5. The summed E-state index contributed by atoms with van der Waals surface area (Å²) in [6.45, 7) is 3.72. The third kappa shape index (κ3) is 5.09. The first-order chi connectivity index (χ1) is 17.1. The van der Waals surface area contributed by atoms with E-state index in [1.54, 1.807) is 18.5 Å². The SMILES string of the molecule is C[C@@H](C(=O)NCc1cccnc1)C1CCN(C(=O)c2ccc3nc(-c4ccccc4)oc3c2)CC1. The Hall–Kier alpha value is -4.00. The highest BCUT2D eigenvalue weighted by molar-refractivity contribution is 5.97. The van der Waals surface area contributed by atoms with Gasteiger partial charge in [-0.2, -0.15) is 0 Å². The van der Waals surface area contributed by atoms with Gasteiger partial charge in [0.2, 0.25) is 11.8 Å². The lowest BCUT2D eigenvalue weighted by Gasteiger charge is -2.34. The summed E-state index contributed by atoms with van der Waals surface area (Å²) in [6.07, 6.45) is 5.08. The Morgan fingerprint density at radius 2 is 1.89 bits per heavy atom. The molecule has 2 amide bonds. The van der Waals surface area contributed by atoms with Crippen molar-refractivity contribution in [2.75, 3.05) is 13.1 Å². The van der Waals surface area contributed by atoms with Gasteiger partial charge in [0, 0.05) is 49.1 Å². The molecule has 35 heavy (non-hydrogen) atoms.